The third kappa shape index (κ3) is 3.64. The minimum Gasteiger partial charge on any atom is -0.396 e. The SMILES string of the molecule is Cc1ccc(S(=O)(=O)CCCCO)cc1. The number of benzene rings is 1. The monoisotopic (exact) mass is 228 g/mol. The zero-order chi connectivity index (χ0) is 11.3. The van der Waals surface area contributed by atoms with E-state index in [-0.39, 0.29) is 12.4 Å². The summed E-state index contributed by atoms with van der Waals surface area (Å²) in [5.41, 5.74) is 1.05. The maximum Gasteiger partial charge on any atom is 0.178 e. The summed E-state index contributed by atoms with van der Waals surface area (Å²) < 4.78 is 23.5. The molecule has 1 aromatic rings. The molecule has 0 aliphatic heterocycles. The number of aryl methyl sites for hydroxylation is 1. The van der Waals surface area contributed by atoms with Gasteiger partial charge in [-0.2, -0.15) is 0 Å². The number of sulfone groups is 1. The molecule has 0 heterocycles. The van der Waals surface area contributed by atoms with Gasteiger partial charge in [-0.15, -0.1) is 0 Å². The molecule has 3 nitrogen and oxygen atoms in total. The summed E-state index contributed by atoms with van der Waals surface area (Å²) in [5.74, 6) is 0.108. The fraction of sp³-hybridized carbons (Fsp3) is 0.455. The van der Waals surface area contributed by atoms with Crippen molar-refractivity contribution in [1.82, 2.24) is 0 Å². The maximum absolute atomic E-state index is 11.7. The van der Waals surface area contributed by atoms with E-state index in [4.69, 9.17) is 5.11 Å². The van der Waals surface area contributed by atoms with E-state index < -0.39 is 9.84 Å². The highest BCUT2D eigenvalue weighted by Crippen LogP contribution is 2.13. The first kappa shape index (κ1) is 12.2. The molecule has 1 aromatic carbocycles. The van der Waals surface area contributed by atoms with Gasteiger partial charge in [0.15, 0.2) is 9.84 Å². The van der Waals surface area contributed by atoms with Crippen molar-refractivity contribution < 1.29 is 13.5 Å². The normalized spacial score (nSPS) is 11.6. The zero-order valence-corrected chi connectivity index (χ0v) is 9.63. The Balaban J connectivity index is 2.73. The van der Waals surface area contributed by atoms with Crippen molar-refractivity contribution in [2.75, 3.05) is 12.4 Å². The van der Waals surface area contributed by atoms with Crippen LogP contribution in [0, 0.1) is 6.92 Å². The second-order valence-electron chi connectivity index (χ2n) is 3.56. The van der Waals surface area contributed by atoms with Gasteiger partial charge in [0.2, 0.25) is 0 Å². The Labute approximate surface area is 90.7 Å². The third-order valence-electron chi connectivity index (χ3n) is 2.20. The Morgan fingerprint density at radius 3 is 2.27 bits per heavy atom. The zero-order valence-electron chi connectivity index (χ0n) is 8.81. The van der Waals surface area contributed by atoms with Gasteiger partial charge in [0.05, 0.1) is 10.6 Å². The highest BCUT2D eigenvalue weighted by atomic mass is 32.2. The maximum atomic E-state index is 11.7. The van der Waals surface area contributed by atoms with E-state index in [1.807, 2.05) is 6.92 Å². The number of unbranched alkanes of at least 4 members (excludes halogenated alkanes) is 1. The van der Waals surface area contributed by atoms with Gasteiger partial charge >= 0.3 is 0 Å². The molecule has 0 fully saturated rings. The molecule has 0 aliphatic carbocycles. The minimum atomic E-state index is -3.16. The fourth-order valence-electron chi connectivity index (χ4n) is 1.27. The molecular formula is C11H16O3S. The van der Waals surface area contributed by atoms with Gasteiger partial charge in [-0.1, -0.05) is 17.7 Å². The van der Waals surface area contributed by atoms with Gasteiger partial charge in [-0.3, -0.25) is 0 Å². The Morgan fingerprint density at radius 2 is 1.73 bits per heavy atom. The quantitative estimate of drug-likeness (QED) is 0.778. The highest BCUT2D eigenvalue weighted by molar-refractivity contribution is 7.91. The highest BCUT2D eigenvalue weighted by Gasteiger charge is 2.12. The van der Waals surface area contributed by atoms with Crippen LogP contribution < -0.4 is 0 Å². The van der Waals surface area contributed by atoms with E-state index in [1.165, 1.54) is 0 Å². The van der Waals surface area contributed by atoms with Crippen molar-refractivity contribution in [1.29, 1.82) is 0 Å². The molecule has 0 aromatic heterocycles. The lowest BCUT2D eigenvalue weighted by Crippen LogP contribution is -2.07. The lowest BCUT2D eigenvalue weighted by atomic mass is 10.2. The summed E-state index contributed by atoms with van der Waals surface area (Å²) in [4.78, 5) is 0.367. The summed E-state index contributed by atoms with van der Waals surface area (Å²) >= 11 is 0. The van der Waals surface area contributed by atoms with E-state index >= 15 is 0 Å². The van der Waals surface area contributed by atoms with Crippen LogP contribution in [0.25, 0.3) is 0 Å². The van der Waals surface area contributed by atoms with Crippen LogP contribution in [0.2, 0.25) is 0 Å². The van der Waals surface area contributed by atoms with Gasteiger partial charge in [0.25, 0.3) is 0 Å². The minimum absolute atomic E-state index is 0.0451. The van der Waals surface area contributed by atoms with Gasteiger partial charge in [-0.25, -0.2) is 8.42 Å². The van der Waals surface area contributed by atoms with Crippen LogP contribution in [-0.2, 0) is 9.84 Å². The molecule has 0 unspecified atom stereocenters. The van der Waals surface area contributed by atoms with Gasteiger partial charge < -0.3 is 5.11 Å². The predicted molar refractivity (Wildman–Crippen MR) is 59.6 cm³/mol. The lowest BCUT2D eigenvalue weighted by Gasteiger charge is -2.03. The van der Waals surface area contributed by atoms with Crippen molar-refractivity contribution in [3.05, 3.63) is 29.8 Å². The van der Waals surface area contributed by atoms with Crippen molar-refractivity contribution >= 4 is 9.84 Å². The molecule has 0 radical (unpaired) electrons. The molecule has 1 N–H and O–H groups in total. The predicted octanol–water partition coefficient (Wildman–Crippen LogP) is 1.54. The van der Waals surface area contributed by atoms with Gasteiger partial charge in [0.1, 0.15) is 0 Å². The molecule has 4 heteroatoms. The average Bonchev–Trinajstić information content (AvgIpc) is 2.18. The van der Waals surface area contributed by atoms with Crippen LogP contribution in [0.1, 0.15) is 18.4 Å². The number of aliphatic hydroxyl groups is 1. The summed E-state index contributed by atoms with van der Waals surface area (Å²) in [6.07, 6.45) is 1.04. The molecule has 15 heavy (non-hydrogen) atoms. The number of aliphatic hydroxyl groups excluding tert-OH is 1. The average molecular weight is 228 g/mol. The van der Waals surface area contributed by atoms with Crippen LogP contribution in [0.4, 0.5) is 0 Å². The Bertz CT molecular complexity index is 392. The Hall–Kier alpha value is -0.870. The third-order valence-corrected chi connectivity index (χ3v) is 4.02. The number of hydrogen-bond acceptors (Lipinski definition) is 3. The Kier molecular flexibility index (Phi) is 4.29. The molecule has 1 rings (SSSR count). The van der Waals surface area contributed by atoms with Gasteiger partial charge in [0, 0.05) is 6.61 Å². The molecule has 0 saturated heterocycles. The van der Waals surface area contributed by atoms with Crippen LogP contribution >= 0.6 is 0 Å². The molecule has 0 amide bonds. The van der Waals surface area contributed by atoms with Crippen molar-refractivity contribution in [2.24, 2.45) is 0 Å². The van der Waals surface area contributed by atoms with E-state index in [9.17, 15) is 8.42 Å². The van der Waals surface area contributed by atoms with E-state index in [1.54, 1.807) is 24.3 Å². The molecule has 0 bridgehead atoms. The summed E-state index contributed by atoms with van der Waals surface area (Å²) in [5, 5.41) is 8.58. The smallest absolute Gasteiger partial charge is 0.178 e. The first-order valence-corrected chi connectivity index (χ1v) is 6.62. The first-order valence-electron chi connectivity index (χ1n) is 4.96. The molecule has 0 spiro atoms. The molecular weight excluding hydrogens is 212 g/mol. The van der Waals surface area contributed by atoms with Crippen LogP contribution in [0.3, 0.4) is 0 Å². The number of rotatable bonds is 5. The summed E-state index contributed by atoms with van der Waals surface area (Å²) in [6, 6.07) is 6.84. The number of hydrogen-bond donors (Lipinski definition) is 1. The standard InChI is InChI=1S/C11H16O3S/c1-10-4-6-11(7-5-10)15(13,14)9-3-2-8-12/h4-7,12H,2-3,8-9H2,1H3. The fourth-order valence-corrected chi connectivity index (χ4v) is 2.64. The summed E-state index contributed by atoms with van der Waals surface area (Å²) in [7, 11) is -3.16. The van der Waals surface area contributed by atoms with Crippen molar-refractivity contribution in [3.8, 4) is 0 Å². The van der Waals surface area contributed by atoms with Crippen LogP contribution in [0.5, 0.6) is 0 Å². The summed E-state index contributed by atoms with van der Waals surface area (Å²) in [6.45, 7) is 1.96. The van der Waals surface area contributed by atoms with Crippen LogP contribution in [-0.4, -0.2) is 25.9 Å². The van der Waals surface area contributed by atoms with E-state index in [0.717, 1.165) is 5.56 Å². The molecule has 0 aliphatic rings. The van der Waals surface area contributed by atoms with E-state index in [2.05, 4.69) is 0 Å². The molecule has 84 valence electrons. The van der Waals surface area contributed by atoms with Crippen molar-refractivity contribution in [3.63, 3.8) is 0 Å². The van der Waals surface area contributed by atoms with Crippen molar-refractivity contribution in [2.45, 2.75) is 24.7 Å². The van der Waals surface area contributed by atoms with E-state index in [0.29, 0.717) is 17.7 Å². The second kappa shape index (κ2) is 5.28. The van der Waals surface area contributed by atoms with Gasteiger partial charge in [-0.05, 0) is 31.9 Å². The van der Waals surface area contributed by atoms with Crippen LogP contribution in [0.15, 0.2) is 29.2 Å². The Morgan fingerprint density at radius 1 is 1.13 bits per heavy atom. The largest absolute Gasteiger partial charge is 0.396 e. The second-order valence-corrected chi connectivity index (χ2v) is 5.67. The lowest BCUT2D eigenvalue weighted by molar-refractivity contribution is 0.287. The topological polar surface area (TPSA) is 54.4 Å². The molecule has 0 atom stereocenters. The first-order chi connectivity index (χ1) is 7.06. The molecule has 0 saturated carbocycles.